The molecule has 0 bridgehead atoms. The summed E-state index contributed by atoms with van der Waals surface area (Å²) in [7, 11) is 8.44. The third-order valence-corrected chi connectivity index (χ3v) is 5.73. The maximum Gasteiger partial charge on any atom is 0.203 e. The molecule has 1 atom stereocenters. The number of rotatable bonds is 9. The van der Waals surface area contributed by atoms with Gasteiger partial charge in [0.25, 0.3) is 0 Å². The molecule has 0 heterocycles. The molecule has 31 heavy (non-hydrogen) atoms. The molecule has 1 aliphatic carbocycles. The first kappa shape index (κ1) is 22.9. The fourth-order valence-electron chi connectivity index (χ4n) is 4.20. The van der Waals surface area contributed by atoms with Crippen molar-refractivity contribution in [1.82, 2.24) is 5.32 Å². The third-order valence-electron chi connectivity index (χ3n) is 5.73. The molecule has 0 unspecified atom stereocenters. The summed E-state index contributed by atoms with van der Waals surface area (Å²) >= 11 is 0. The van der Waals surface area contributed by atoms with E-state index < -0.39 is 0 Å². The van der Waals surface area contributed by atoms with Crippen molar-refractivity contribution in [3.63, 3.8) is 0 Å². The van der Waals surface area contributed by atoms with Gasteiger partial charge in [-0.25, -0.2) is 0 Å². The number of methoxy groups -OCH3 is 4. The molecular weight excluding hydrogens is 396 g/mol. The van der Waals surface area contributed by atoms with Crippen LogP contribution in [0.25, 0.3) is 11.1 Å². The molecule has 0 spiro atoms. The minimum Gasteiger partial charge on any atom is -0.493 e. The second-order valence-corrected chi connectivity index (χ2v) is 7.46. The second-order valence-electron chi connectivity index (χ2n) is 7.46. The van der Waals surface area contributed by atoms with Crippen molar-refractivity contribution >= 4 is 5.69 Å². The zero-order valence-electron chi connectivity index (χ0n) is 19.0. The van der Waals surface area contributed by atoms with E-state index in [1.165, 1.54) is 0 Å². The first-order valence-electron chi connectivity index (χ1n) is 10.5. The minimum absolute atomic E-state index is 0.0329. The first-order valence-corrected chi connectivity index (χ1v) is 10.5. The topological polar surface area (TPSA) is 78.1 Å². The number of anilines is 1. The highest BCUT2D eigenvalue weighted by Crippen LogP contribution is 2.50. The lowest BCUT2D eigenvalue weighted by Crippen LogP contribution is -2.18. The molecule has 3 rings (SSSR count). The Balaban J connectivity index is 2.22. The normalized spacial score (nSPS) is 14.8. The van der Waals surface area contributed by atoms with E-state index in [-0.39, 0.29) is 11.5 Å². The Morgan fingerprint density at radius 1 is 1.03 bits per heavy atom. The van der Waals surface area contributed by atoms with Crippen molar-refractivity contribution in [1.29, 1.82) is 0 Å². The standard InChI is InChI=1S/C24H32N2O5/c1-25-18-9-7-15-13-21(29-3)23(30-4)24(31-5)22(15)16-8-10-19(20(27)14-17(16)18)26-11-6-12-28-2/h8,10,13-14,18,25H,6-7,9,11-12H2,1-5H3,(H,26,27)/t18-/m0/s1. The van der Waals surface area contributed by atoms with Gasteiger partial charge in [0.1, 0.15) is 0 Å². The number of nitrogens with one attached hydrogen (secondary N) is 2. The summed E-state index contributed by atoms with van der Waals surface area (Å²) in [6.45, 7) is 1.31. The van der Waals surface area contributed by atoms with Crippen LogP contribution in [0.5, 0.6) is 17.2 Å². The Labute approximate surface area is 183 Å². The molecule has 2 N–H and O–H groups in total. The minimum atomic E-state index is -0.0400. The van der Waals surface area contributed by atoms with Gasteiger partial charge in [0.15, 0.2) is 11.5 Å². The molecule has 7 nitrogen and oxygen atoms in total. The van der Waals surface area contributed by atoms with Gasteiger partial charge < -0.3 is 29.6 Å². The zero-order chi connectivity index (χ0) is 22.4. The van der Waals surface area contributed by atoms with Crippen molar-refractivity contribution < 1.29 is 18.9 Å². The lowest BCUT2D eigenvalue weighted by Gasteiger charge is -2.19. The summed E-state index contributed by atoms with van der Waals surface area (Å²) < 4.78 is 22.1. The summed E-state index contributed by atoms with van der Waals surface area (Å²) in [5.74, 6) is 1.79. The Bertz CT molecular complexity index is 977. The fourth-order valence-corrected chi connectivity index (χ4v) is 4.20. The van der Waals surface area contributed by atoms with Gasteiger partial charge >= 0.3 is 0 Å². The molecular formula is C24H32N2O5. The average molecular weight is 429 g/mol. The third kappa shape index (κ3) is 4.62. The molecule has 2 aromatic carbocycles. The molecule has 0 aliphatic heterocycles. The number of hydrogen-bond acceptors (Lipinski definition) is 7. The monoisotopic (exact) mass is 428 g/mol. The lowest BCUT2D eigenvalue weighted by molar-refractivity contribution is 0.198. The van der Waals surface area contributed by atoms with Gasteiger partial charge in [0.05, 0.1) is 27.0 Å². The quantitative estimate of drug-likeness (QED) is 0.593. The average Bonchev–Trinajstić information content (AvgIpc) is 3.03. The number of aryl methyl sites for hydroxylation is 1. The van der Waals surface area contributed by atoms with Crippen LogP contribution in [-0.2, 0) is 11.2 Å². The van der Waals surface area contributed by atoms with Gasteiger partial charge in [0, 0.05) is 31.9 Å². The summed E-state index contributed by atoms with van der Waals surface area (Å²) in [6, 6.07) is 7.63. The molecule has 0 saturated carbocycles. The van der Waals surface area contributed by atoms with Crippen molar-refractivity contribution in [3.05, 3.63) is 45.6 Å². The van der Waals surface area contributed by atoms with Gasteiger partial charge in [0.2, 0.25) is 11.2 Å². The Morgan fingerprint density at radius 3 is 2.45 bits per heavy atom. The highest BCUT2D eigenvalue weighted by atomic mass is 16.5. The molecule has 168 valence electrons. The van der Waals surface area contributed by atoms with E-state index >= 15 is 0 Å². The second kappa shape index (κ2) is 10.5. The van der Waals surface area contributed by atoms with E-state index in [9.17, 15) is 4.79 Å². The number of ether oxygens (including phenoxy) is 4. The van der Waals surface area contributed by atoms with Crippen molar-refractivity contribution in [3.8, 4) is 28.4 Å². The van der Waals surface area contributed by atoms with Crippen LogP contribution in [0, 0.1) is 0 Å². The largest absolute Gasteiger partial charge is 0.493 e. The Kier molecular flexibility index (Phi) is 7.76. The fraction of sp³-hybridized carbons (Fsp3) is 0.458. The zero-order valence-corrected chi connectivity index (χ0v) is 19.0. The van der Waals surface area contributed by atoms with Crippen LogP contribution >= 0.6 is 0 Å². The lowest BCUT2D eigenvalue weighted by atomic mass is 9.95. The van der Waals surface area contributed by atoms with E-state index in [0.717, 1.165) is 41.5 Å². The van der Waals surface area contributed by atoms with Gasteiger partial charge in [-0.05, 0) is 61.2 Å². The van der Waals surface area contributed by atoms with Crippen LogP contribution in [0.15, 0.2) is 29.1 Å². The highest BCUT2D eigenvalue weighted by molar-refractivity contribution is 5.83. The number of benzene rings is 1. The van der Waals surface area contributed by atoms with E-state index in [2.05, 4.69) is 10.6 Å². The Hall–Kier alpha value is -2.77. The van der Waals surface area contributed by atoms with Gasteiger partial charge in [-0.15, -0.1) is 0 Å². The maximum atomic E-state index is 13.0. The number of fused-ring (bicyclic) bond motifs is 3. The van der Waals surface area contributed by atoms with Gasteiger partial charge in [-0.1, -0.05) is 6.07 Å². The molecule has 0 radical (unpaired) electrons. The summed E-state index contributed by atoms with van der Waals surface area (Å²) in [6.07, 6.45) is 2.47. The first-order chi connectivity index (χ1) is 15.1. The Morgan fingerprint density at radius 2 is 1.81 bits per heavy atom. The van der Waals surface area contributed by atoms with E-state index in [4.69, 9.17) is 18.9 Å². The molecule has 0 fully saturated rings. The predicted molar refractivity (Wildman–Crippen MR) is 123 cm³/mol. The van der Waals surface area contributed by atoms with Crippen LogP contribution in [0.3, 0.4) is 0 Å². The van der Waals surface area contributed by atoms with Crippen molar-refractivity contribution in [2.45, 2.75) is 25.3 Å². The van der Waals surface area contributed by atoms with Crippen LogP contribution in [0.1, 0.15) is 30.0 Å². The molecule has 0 saturated heterocycles. The smallest absolute Gasteiger partial charge is 0.203 e. The SMILES string of the molecule is CN[C@H]1CCc2cc(OC)c(OC)c(OC)c2-c2ccc(NCCCOC)c(=O)cc21. The molecule has 1 aliphatic rings. The van der Waals surface area contributed by atoms with Crippen LogP contribution < -0.4 is 30.3 Å². The van der Waals surface area contributed by atoms with E-state index in [0.29, 0.717) is 36.1 Å². The molecule has 2 aromatic rings. The van der Waals surface area contributed by atoms with Crippen molar-refractivity contribution in [2.75, 3.05) is 54.0 Å². The number of hydrogen-bond donors (Lipinski definition) is 2. The maximum absolute atomic E-state index is 13.0. The van der Waals surface area contributed by atoms with E-state index in [1.807, 2.05) is 25.2 Å². The van der Waals surface area contributed by atoms with Gasteiger partial charge in [-0.3, -0.25) is 4.79 Å². The molecule has 0 amide bonds. The van der Waals surface area contributed by atoms with Crippen LogP contribution in [-0.4, -0.2) is 48.6 Å². The van der Waals surface area contributed by atoms with E-state index in [1.54, 1.807) is 34.5 Å². The molecule has 0 aromatic heterocycles. The van der Waals surface area contributed by atoms with Gasteiger partial charge in [-0.2, -0.15) is 0 Å². The van der Waals surface area contributed by atoms with Crippen molar-refractivity contribution in [2.24, 2.45) is 0 Å². The summed E-state index contributed by atoms with van der Waals surface area (Å²) in [5, 5.41) is 6.61. The highest BCUT2D eigenvalue weighted by Gasteiger charge is 2.28. The summed E-state index contributed by atoms with van der Waals surface area (Å²) in [5.41, 5.74) is 4.46. The summed E-state index contributed by atoms with van der Waals surface area (Å²) in [4.78, 5) is 13.0. The van der Waals surface area contributed by atoms with Crippen LogP contribution in [0.4, 0.5) is 5.69 Å². The predicted octanol–water partition coefficient (Wildman–Crippen LogP) is 3.39. The molecule has 7 heteroatoms. The van der Waals surface area contributed by atoms with Crippen LogP contribution in [0.2, 0.25) is 0 Å².